The monoisotopic (exact) mass is 1330 g/mol. The fraction of sp³-hybridized carbons (Fsp3) is 0.880. The first-order valence-electron chi connectivity index (χ1n) is 40.9. The summed E-state index contributed by atoms with van der Waals surface area (Å²) >= 11 is 0. The van der Waals surface area contributed by atoms with E-state index in [1.807, 2.05) is 6.08 Å². The van der Waals surface area contributed by atoms with Gasteiger partial charge in [-0.15, -0.1) is 0 Å². The largest absolute Gasteiger partial charge is 0.466 e. The Morgan fingerprint density at radius 1 is 0.394 bits per heavy atom. The number of aliphatic hydroxyl groups is 5. The molecule has 1 aliphatic heterocycles. The molecule has 1 fully saturated rings. The van der Waals surface area contributed by atoms with Gasteiger partial charge in [-0.2, -0.15) is 0 Å². The lowest BCUT2D eigenvalue weighted by atomic mass is 9.99. The summed E-state index contributed by atoms with van der Waals surface area (Å²) in [4.78, 5) is 25.2. The van der Waals surface area contributed by atoms with Crippen LogP contribution >= 0.6 is 0 Å². The molecule has 0 bridgehead atoms. The Balaban J connectivity index is 1.92. The molecule has 7 unspecified atom stereocenters. The molecule has 11 heteroatoms. The first-order valence-corrected chi connectivity index (χ1v) is 40.9. The maximum Gasteiger partial charge on any atom is 0.305 e. The maximum absolute atomic E-state index is 13.1. The minimum atomic E-state index is -1.58. The van der Waals surface area contributed by atoms with Gasteiger partial charge in [-0.05, 0) is 77.0 Å². The summed E-state index contributed by atoms with van der Waals surface area (Å²) in [6.07, 6.45) is 85.8. The fourth-order valence-electron chi connectivity index (χ4n) is 13.0. The van der Waals surface area contributed by atoms with Gasteiger partial charge in [-0.3, -0.25) is 9.59 Å². The van der Waals surface area contributed by atoms with E-state index in [4.69, 9.17) is 14.2 Å². The van der Waals surface area contributed by atoms with E-state index in [1.165, 1.54) is 321 Å². The molecule has 6 N–H and O–H groups in total. The summed E-state index contributed by atoms with van der Waals surface area (Å²) in [5.41, 5.74) is 0. The molecule has 1 aliphatic rings. The quantitative estimate of drug-likeness (QED) is 0.0195. The standard InChI is InChI=1S/C83H155NO10/c1-3-5-7-9-11-13-15-17-46-49-53-57-61-65-69-76(86)75(74-93-83-82(91)81(90)80(89)77(73-85)94-83)84-78(87)70-66-62-58-54-50-47-43-41-39-37-35-33-31-29-27-25-23-21-19-18-20-22-24-26-28-30-32-34-36-38-40-42-44-48-52-56-60-64-68-72-92-79(88)71-67-63-59-55-51-45-16-14-12-10-8-6-4-2/h18-19,22,24,49,53,65,69,75-77,80-83,85-86,89-91H,3-17,20-21,23,25-48,50-52,54-64,66-68,70-74H2,1-2H3,(H,84,87)/b19-18-,24-22-,53-49+,69-65+. The summed E-state index contributed by atoms with van der Waals surface area (Å²) in [5, 5.41) is 54.6. The maximum atomic E-state index is 13.1. The Labute approximate surface area is 580 Å². The average Bonchev–Trinajstić information content (AvgIpc) is 0.876. The average molecular weight is 1330 g/mol. The Bertz CT molecular complexity index is 1700. The normalized spacial score (nSPS) is 17.6. The highest BCUT2D eigenvalue weighted by molar-refractivity contribution is 5.76. The number of amides is 1. The number of hydrogen-bond acceptors (Lipinski definition) is 10. The number of rotatable bonds is 73. The topological polar surface area (TPSA) is 175 Å². The second-order valence-corrected chi connectivity index (χ2v) is 28.5. The highest BCUT2D eigenvalue weighted by Gasteiger charge is 2.44. The third-order valence-electron chi connectivity index (χ3n) is 19.4. The molecule has 7 atom stereocenters. The van der Waals surface area contributed by atoms with Crippen molar-refractivity contribution in [1.82, 2.24) is 5.32 Å². The van der Waals surface area contributed by atoms with Crippen LogP contribution in [0.4, 0.5) is 0 Å². The number of carbonyl (C=O) groups is 2. The van der Waals surface area contributed by atoms with Crippen LogP contribution in [-0.2, 0) is 23.8 Å². The van der Waals surface area contributed by atoms with Crippen LogP contribution in [0.15, 0.2) is 48.6 Å². The summed E-state index contributed by atoms with van der Waals surface area (Å²) in [6.45, 7) is 4.38. The molecule has 552 valence electrons. The van der Waals surface area contributed by atoms with Crippen molar-refractivity contribution < 1.29 is 49.3 Å². The van der Waals surface area contributed by atoms with Gasteiger partial charge in [0.1, 0.15) is 24.4 Å². The van der Waals surface area contributed by atoms with E-state index in [-0.39, 0.29) is 18.5 Å². The first-order chi connectivity index (χ1) is 46.2. The molecular weight excluding hydrogens is 1170 g/mol. The predicted molar refractivity (Wildman–Crippen MR) is 398 cm³/mol. The van der Waals surface area contributed by atoms with E-state index < -0.39 is 49.5 Å². The van der Waals surface area contributed by atoms with Crippen molar-refractivity contribution in [3.05, 3.63) is 48.6 Å². The second kappa shape index (κ2) is 71.9. The van der Waals surface area contributed by atoms with E-state index in [9.17, 15) is 35.1 Å². The van der Waals surface area contributed by atoms with Crippen LogP contribution in [-0.4, -0.2) is 100 Å². The van der Waals surface area contributed by atoms with Crippen LogP contribution in [0.3, 0.4) is 0 Å². The molecule has 0 radical (unpaired) electrons. The lowest BCUT2D eigenvalue weighted by Gasteiger charge is -2.40. The van der Waals surface area contributed by atoms with E-state index in [0.717, 1.165) is 57.8 Å². The highest BCUT2D eigenvalue weighted by Crippen LogP contribution is 2.24. The van der Waals surface area contributed by atoms with Gasteiger partial charge in [-0.25, -0.2) is 0 Å². The van der Waals surface area contributed by atoms with Gasteiger partial charge in [0.15, 0.2) is 6.29 Å². The van der Waals surface area contributed by atoms with Crippen molar-refractivity contribution in [3.63, 3.8) is 0 Å². The Morgan fingerprint density at radius 2 is 0.723 bits per heavy atom. The summed E-state index contributed by atoms with van der Waals surface area (Å²) in [7, 11) is 0. The van der Waals surface area contributed by atoms with Crippen LogP contribution in [0.25, 0.3) is 0 Å². The van der Waals surface area contributed by atoms with Crippen LogP contribution in [0.5, 0.6) is 0 Å². The number of carbonyl (C=O) groups excluding carboxylic acids is 2. The number of unbranched alkanes of at least 4 members (excludes halogenated alkanes) is 53. The number of ether oxygens (including phenoxy) is 3. The number of esters is 1. The SMILES string of the molecule is CCCCCCCCCC/C=C/CC/C=C/C(O)C(COC1OC(CO)C(O)C(O)C1O)NC(=O)CCCCCCCCCCCCCCCCCCC/C=C\C/C=C\CCCCCCCCCCCCCCCCCOC(=O)CCCCCCCCCCCCCCC. The molecule has 0 aromatic carbocycles. The fourth-order valence-corrected chi connectivity index (χ4v) is 13.0. The van der Waals surface area contributed by atoms with E-state index in [1.54, 1.807) is 6.08 Å². The smallest absolute Gasteiger partial charge is 0.305 e. The van der Waals surface area contributed by atoms with Gasteiger partial charge >= 0.3 is 5.97 Å². The van der Waals surface area contributed by atoms with Gasteiger partial charge < -0.3 is 45.1 Å². The molecule has 1 rings (SSSR count). The molecule has 1 saturated heterocycles. The van der Waals surface area contributed by atoms with Crippen LogP contribution in [0.2, 0.25) is 0 Å². The Hall–Kier alpha value is -2.38. The van der Waals surface area contributed by atoms with Crippen LogP contribution in [0, 0.1) is 0 Å². The molecule has 0 spiro atoms. The van der Waals surface area contributed by atoms with Gasteiger partial charge in [-0.1, -0.05) is 364 Å². The molecule has 11 nitrogen and oxygen atoms in total. The molecule has 94 heavy (non-hydrogen) atoms. The number of allylic oxidation sites excluding steroid dienone is 7. The van der Waals surface area contributed by atoms with Crippen LogP contribution in [0.1, 0.15) is 406 Å². The third-order valence-corrected chi connectivity index (χ3v) is 19.4. The highest BCUT2D eigenvalue weighted by atomic mass is 16.7. The number of hydrogen-bond donors (Lipinski definition) is 6. The first kappa shape index (κ1) is 89.6. The molecule has 0 aromatic heterocycles. The Kier molecular flexibility index (Phi) is 68.5. The van der Waals surface area contributed by atoms with Crippen molar-refractivity contribution in [2.45, 2.75) is 448 Å². The van der Waals surface area contributed by atoms with Crippen molar-refractivity contribution in [2.75, 3.05) is 19.8 Å². The second-order valence-electron chi connectivity index (χ2n) is 28.5. The van der Waals surface area contributed by atoms with Gasteiger partial charge in [0.05, 0.1) is 32.0 Å². The Morgan fingerprint density at radius 3 is 1.12 bits per heavy atom. The molecule has 1 heterocycles. The number of nitrogens with one attached hydrogen (secondary N) is 1. The predicted octanol–water partition coefficient (Wildman–Crippen LogP) is 22.3. The zero-order valence-electron chi connectivity index (χ0n) is 61.7. The van der Waals surface area contributed by atoms with Crippen molar-refractivity contribution >= 4 is 11.9 Å². The van der Waals surface area contributed by atoms with E-state index in [2.05, 4.69) is 55.6 Å². The van der Waals surface area contributed by atoms with E-state index in [0.29, 0.717) is 19.4 Å². The van der Waals surface area contributed by atoms with E-state index >= 15 is 0 Å². The third kappa shape index (κ3) is 59.7. The van der Waals surface area contributed by atoms with Gasteiger partial charge in [0, 0.05) is 12.8 Å². The lowest BCUT2D eigenvalue weighted by molar-refractivity contribution is -0.302. The minimum Gasteiger partial charge on any atom is -0.466 e. The number of aliphatic hydroxyl groups excluding tert-OH is 5. The van der Waals surface area contributed by atoms with Crippen LogP contribution < -0.4 is 5.32 Å². The molecular formula is C83H155NO10. The molecule has 0 aromatic rings. The summed E-state index contributed by atoms with van der Waals surface area (Å²) in [5.74, 6) is -0.170. The molecule has 0 saturated carbocycles. The van der Waals surface area contributed by atoms with Crippen molar-refractivity contribution in [3.8, 4) is 0 Å². The molecule has 0 aliphatic carbocycles. The summed E-state index contributed by atoms with van der Waals surface area (Å²) < 4.78 is 16.8. The lowest BCUT2D eigenvalue weighted by Crippen LogP contribution is -2.60. The molecule has 1 amide bonds. The minimum absolute atomic E-state index is 0.0165. The van der Waals surface area contributed by atoms with Gasteiger partial charge in [0.2, 0.25) is 5.91 Å². The van der Waals surface area contributed by atoms with Gasteiger partial charge in [0.25, 0.3) is 0 Å². The summed E-state index contributed by atoms with van der Waals surface area (Å²) in [6, 6.07) is -0.826. The van der Waals surface area contributed by atoms with Crippen molar-refractivity contribution in [1.29, 1.82) is 0 Å². The zero-order chi connectivity index (χ0) is 67.9. The van der Waals surface area contributed by atoms with Crippen molar-refractivity contribution in [2.24, 2.45) is 0 Å². The zero-order valence-corrected chi connectivity index (χ0v) is 61.7.